The van der Waals surface area contributed by atoms with Crippen molar-refractivity contribution in [3.05, 3.63) is 0 Å². The van der Waals surface area contributed by atoms with E-state index in [0.29, 0.717) is 0 Å². The van der Waals surface area contributed by atoms with Crippen molar-refractivity contribution < 1.29 is 44.4 Å². The van der Waals surface area contributed by atoms with E-state index in [1.807, 2.05) is 0 Å². The molecule has 0 aromatic heterocycles. The Bertz CT molecular complexity index is 639. The number of hydroxylamine groups is 6. The van der Waals surface area contributed by atoms with E-state index in [9.17, 15) is 44.4 Å². The van der Waals surface area contributed by atoms with Crippen molar-refractivity contribution in [1.29, 1.82) is 0 Å². The van der Waals surface area contributed by atoms with Crippen LogP contribution in [0.4, 0.5) is 0 Å². The highest BCUT2D eigenvalue weighted by atomic mass is 16.5. The summed E-state index contributed by atoms with van der Waals surface area (Å²) >= 11 is 0. The number of carbonyl (C=O) groups is 6. The van der Waals surface area contributed by atoms with Crippen molar-refractivity contribution >= 4 is 35.4 Å². The molecule has 0 spiro atoms. The normalized spacial score (nSPS) is 10.3. The van der Waals surface area contributed by atoms with Crippen molar-refractivity contribution in [2.24, 2.45) is 0 Å². The van der Waals surface area contributed by atoms with Crippen molar-refractivity contribution in [2.75, 3.05) is 58.9 Å². The third-order valence-electron chi connectivity index (χ3n) is 4.22. The summed E-state index contributed by atoms with van der Waals surface area (Å²) in [5, 5.41) is 36.2. The second-order valence-electron chi connectivity index (χ2n) is 7.12. The first-order chi connectivity index (χ1) is 15.8. The van der Waals surface area contributed by atoms with Crippen molar-refractivity contribution in [1.82, 2.24) is 36.0 Å². The number of amides is 6. The zero-order valence-corrected chi connectivity index (χ0v) is 19.4. The monoisotopic (exact) mass is 491 g/mol. The Morgan fingerprint density at radius 1 is 0.529 bits per heavy atom. The summed E-state index contributed by atoms with van der Waals surface area (Å²) < 4.78 is 0. The molecule has 0 unspecified atom stereocenters. The van der Waals surface area contributed by atoms with Gasteiger partial charge in [0.2, 0.25) is 35.4 Å². The Balaban J connectivity index is 4.63. The zero-order chi connectivity index (χ0) is 26.3. The maximum atomic E-state index is 11.8. The average Bonchev–Trinajstić information content (AvgIpc) is 2.72. The van der Waals surface area contributed by atoms with Gasteiger partial charge in [-0.2, -0.15) is 0 Å². The molecule has 6 amide bonds. The fourth-order valence-corrected chi connectivity index (χ4v) is 2.31. The molecule has 0 radical (unpaired) electrons. The Morgan fingerprint density at radius 3 is 0.971 bits per heavy atom. The third-order valence-corrected chi connectivity index (χ3v) is 4.22. The molecular formula is C18H33N7O9. The molecule has 6 N–H and O–H groups in total. The molecule has 0 bridgehead atoms. The first-order valence-electron chi connectivity index (χ1n) is 10.3. The lowest BCUT2D eigenvalue weighted by molar-refractivity contribution is -0.166. The molecule has 0 saturated carbocycles. The molecule has 0 atom stereocenters. The molecule has 0 fully saturated rings. The molecule has 0 heterocycles. The predicted octanol–water partition coefficient (Wildman–Crippen LogP) is -3.65. The van der Waals surface area contributed by atoms with Crippen LogP contribution in [0.2, 0.25) is 0 Å². The smallest absolute Gasteiger partial charge is 0.243 e. The second-order valence-corrected chi connectivity index (χ2v) is 7.12. The topological polar surface area (TPSA) is 212 Å². The largest absolute Gasteiger partial charge is 0.353 e. The van der Waals surface area contributed by atoms with Gasteiger partial charge in [0.15, 0.2) is 0 Å². The number of nitrogens with zero attached hydrogens (tertiary/aromatic N) is 4. The minimum atomic E-state index is -0.694. The molecule has 16 heteroatoms. The SMILES string of the molecule is CC(=O)N(O)CC(=O)NCCN(CCNC(=O)CN(O)C(C)=O)CCNC(=O)CN(O)C(C)=O. The lowest BCUT2D eigenvalue weighted by Crippen LogP contribution is -2.46. The van der Waals surface area contributed by atoms with Crippen LogP contribution < -0.4 is 16.0 Å². The lowest BCUT2D eigenvalue weighted by Gasteiger charge is -2.23. The fourth-order valence-electron chi connectivity index (χ4n) is 2.31. The van der Waals surface area contributed by atoms with Crippen molar-refractivity contribution in [2.45, 2.75) is 20.8 Å². The summed E-state index contributed by atoms with van der Waals surface area (Å²) in [6.07, 6.45) is 0. The second kappa shape index (κ2) is 16.3. The molecule has 0 rings (SSSR count). The minimum Gasteiger partial charge on any atom is -0.353 e. The minimum absolute atomic E-state index is 0.121. The molecule has 0 aromatic carbocycles. The van der Waals surface area contributed by atoms with Gasteiger partial charge >= 0.3 is 0 Å². The van der Waals surface area contributed by atoms with Gasteiger partial charge < -0.3 is 16.0 Å². The summed E-state index contributed by atoms with van der Waals surface area (Å²) in [5.41, 5.74) is 0. The van der Waals surface area contributed by atoms with E-state index < -0.39 is 55.1 Å². The molecule has 0 saturated heterocycles. The van der Waals surface area contributed by atoms with E-state index in [1.165, 1.54) is 0 Å². The first kappa shape index (κ1) is 30.7. The Hall–Kier alpha value is -3.34. The summed E-state index contributed by atoms with van der Waals surface area (Å²) in [4.78, 5) is 69.9. The van der Waals surface area contributed by atoms with E-state index in [1.54, 1.807) is 4.90 Å². The van der Waals surface area contributed by atoms with Crippen LogP contribution in [0.5, 0.6) is 0 Å². The van der Waals surface area contributed by atoms with Crippen molar-refractivity contribution in [3.63, 3.8) is 0 Å². The third kappa shape index (κ3) is 14.7. The van der Waals surface area contributed by atoms with Gasteiger partial charge in [-0.3, -0.25) is 49.3 Å². The van der Waals surface area contributed by atoms with Crippen LogP contribution in [0.3, 0.4) is 0 Å². The standard InChI is InChI=1S/C18H33N7O9/c1-13(26)23(32)10-16(29)19-4-7-22(8-5-20-17(30)11-24(33)14(2)27)9-6-21-18(31)12-25(34)15(3)28/h32-34H,4-12H2,1-3H3,(H,19,29)(H,20,30)(H,21,31). The van der Waals surface area contributed by atoms with Crippen LogP contribution in [0.25, 0.3) is 0 Å². The fraction of sp³-hybridized carbons (Fsp3) is 0.667. The molecule has 0 aromatic rings. The van der Waals surface area contributed by atoms with Gasteiger partial charge in [0.05, 0.1) is 0 Å². The Kier molecular flexibility index (Phi) is 14.7. The van der Waals surface area contributed by atoms with E-state index in [0.717, 1.165) is 20.8 Å². The molecule has 16 nitrogen and oxygen atoms in total. The highest BCUT2D eigenvalue weighted by Crippen LogP contribution is 1.89. The highest BCUT2D eigenvalue weighted by Gasteiger charge is 2.14. The summed E-state index contributed by atoms with van der Waals surface area (Å²) in [6.45, 7) is 2.83. The maximum Gasteiger partial charge on any atom is 0.243 e. The summed E-state index contributed by atoms with van der Waals surface area (Å²) in [5.74, 6) is -3.88. The van der Waals surface area contributed by atoms with Gasteiger partial charge in [0.1, 0.15) is 19.6 Å². The van der Waals surface area contributed by atoms with Crippen LogP contribution in [0.15, 0.2) is 0 Å². The van der Waals surface area contributed by atoms with Crippen molar-refractivity contribution in [3.8, 4) is 0 Å². The Labute approximate surface area is 196 Å². The summed E-state index contributed by atoms with van der Waals surface area (Å²) in [7, 11) is 0. The molecule has 34 heavy (non-hydrogen) atoms. The predicted molar refractivity (Wildman–Crippen MR) is 113 cm³/mol. The van der Waals surface area contributed by atoms with Gasteiger partial charge in [0, 0.05) is 60.0 Å². The molecule has 0 aliphatic heterocycles. The van der Waals surface area contributed by atoms with Gasteiger partial charge in [-0.15, -0.1) is 0 Å². The molecule has 0 aliphatic rings. The van der Waals surface area contributed by atoms with Gasteiger partial charge in [-0.1, -0.05) is 0 Å². The molecular weight excluding hydrogens is 458 g/mol. The number of carbonyl (C=O) groups excluding carboxylic acids is 6. The quantitative estimate of drug-likeness (QED) is 0.0976. The number of rotatable bonds is 15. The van der Waals surface area contributed by atoms with Crippen LogP contribution >= 0.6 is 0 Å². The van der Waals surface area contributed by atoms with Crippen LogP contribution in [0, 0.1) is 0 Å². The Morgan fingerprint density at radius 2 is 0.765 bits per heavy atom. The highest BCUT2D eigenvalue weighted by molar-refractivity contribution is 5.84. The van der Waals surface area contributed by atoms with Crippen LogP contribution in [-0.2, 0) is 28.8 Å². The van der Waals surface area contributed by atoms with Gasteiger partial charge in [-0.05, 0) is 0 Å². The number of hydrogen-bond donors (Lipinski definition) is 6. The lowest BCUT2D eigenvalue weighted by atomic mass is 10.4. The van der Waals surface area contributed by atoms with Gasteiger partial charge in [-0.25, -0.2) is 15.2 Å². The molecule has 194 valence electrons. The summed E-state index contributed by atoms with van der Waals surface area (Å²) in [6, 6.07) is 0. The first-order valence-corrected chi connectivity index (χ1v) is 10.3. The zero-order valence-electron chi connectivity index (χ0n) is 19.4. The maximum absolute atomic E-state index is 11.8. The van der Waals surface area contributed by atoms with Gasteiger partial charge in [0.25, 0.3) is 0 Å². The number of hydrogen-bond acceptors (Lipinski definition) is 10. The molecule has 0 aliphatic carbocycles. The van der Waals surface area contributed by atoms with Crippen LogP contribution in [0.1, 0.15) is 20.8 Å². The van der Waals surface area contributed by atoms with E-state index in [2.05, 4.69) is 16.0 Å². The van der Waals surface area contributed by atoms with Crippen LogP contribution in [-0.4, -0.2) is 130 Å². The average molecular weight is 492 g/mol. The van der Waals surface area contributed by atoms with E-state index in [-0.39, 0.29) is 54.5 Å². The number of nitrogens with one attached hydrogen (secondary N) is 3. The van der Waals surface area contributed by atoms with E-state index >= 15 is 0 Å². The van der Waals surface area contributed by atoms with E-state index in [4.69, 9.17) is 0 Å².